The molecule has 220 valence electrons. The largest absolute Gasteiger partial charge is 0.424 e. The van der Waals surface area contributed by atoms with E-state index < -0.39 is 29.8 Å². The van der Waals surface area contributed by atoms with Gasteiger partial charge in [0, 0.05) is 6.54 Å². The van der Waals surface area contributed by atoms with Gasteiger partial charge in [0.25, 0.3) is 11.9 Å². The highest BCUT2D eigenvalue weighted by atomic mass is 16.4. The van der Waals surface area contributed by atoms with E-state index in [1.165, 1.54) is 0 Å². The van der Waals surface area contributed by atoms with Gasteiger partial charge in [-0.3, -0.25) is 19.2 Å². The number of hydrogen-bond donors (Lipinski definition) is 3. The summed E-state index contributed by atoms with van der Waals surface area (Å²) in [6.07, 6.45) is 8.46. The Kier molecular flexibility index (Phi) is 7.28. The molecule has 1 saturated heterocycles. The van der Waals surface area contributed by atoms with E-state index >= 15 is 0 Å². The van der Waals surface area contributed by atoms with E-state index in [1.54, 1.807) is 4.90 Å². The number of primary amides is 1. The molecule has 1 aromatic carbocycles. The molecule has 2 heterocycles. The number of nitrogens with zero attached hydrogens (tertiary/aromatic N) is 2. The predicted octanol–water partition coefficient (Wildman–Crippen LogP) is 3.40. The topological polar surface area (TPSA) is 148 Å². The maximum absolute atomic E-state index is 14.4. The molecule has 10 nitrogen and oxygen atoms in total. The van der Waals surface area contributed by atoms with Crippen LogP contribution >= 0.6 is 0 Å². The number of Topliss-reactive ketones (excluding diaryl/α,β-unsaturated/α-hetero) is 1. The van der Waals surface area contributed by atoms with Crippen LogP contribution in [0.5, 0.6) is 0 Å². The Morgan fingerprint density at radius 3 is 2.46 bits per heavy atom. The quantitative estimate of drug-likeness (QED) is 0.375. The molecular weight excluding hydrogens is 522 g/mol. The molecule has 1 aromatic heterocycles. The molecule has 5 atom stereocenters. The number of oxazole rings is 1. The molecule has 4 N–H and O–H groups in total. The van der Waals surface area contributed by atoms with E-state index in [0.29, 0.717) is 30.1 Å². The van der Waals surface area contributed by atoms with E-state index in [0.717, 1.165) is 51.4 Å². The molecule has 2 unspecified atom stereocenters. The predicted molar refractivity (Wildman–Crippen MR) is 152 cm³/mol. The summed E-state index contributed by atoms with van der Waals surface area (Å²) >= 11 is 0. The van der Waals surface area contributed by atoms with Crippen molar-refractivity contribution in [2.45, 2.75) is 89.8 Å². The van der Waals surface area contributed by atoms with E-state index in [4.69, 9.17) is 10.2 Å². The van der Waals surface area contributed by atoms with Crippen molar-refractivity contribution < 1.29 is 23.6 Å². The maximum atomic E-state index is 14.4. The molecule has 0 bridgehead atoms. The van der Waals surface area contributed by atoms with Gasteiger partial charge in [-0.2, -0.15) is 4.98 Å². The summed E-state index contributed by atoms with van der Waals surface area (Å²) in [7, 11) is 0. The average Bonchev–Trinajstić information content (AvgIpc) is 3.29. The third-order valence-electron chi connectivity index (χ3n) is 10.4. The second-order valence-corrected chi connectivity index (χ2v) is 13.2. The first kappa shape index (κ1) is 27.7. The third-order valence-corrected chi connectivity index (χ3v) is 10.4. The number of rotatable bonds is 10. The molecule has 2 aromatic rings. The molecule has 4 fully saturated rings. The van der Waals surface area contributed by atoms with Gasteiger partial charge < -0.3 is 25.7 Å². The van der Waals surface area contributed by atoms with E-state index in [9.17, 15) is 19.2 Å². The van der Waals surface area contributed by atoms with Crippen LogP contribution in [-0.2, 0) is 19.2 Å². The standard InChI is InChI=1S/C31H41N5O5/c1-31(2)19-16-36(25(23(19)31)28(39)33-21(26(37)27(32)38)15-17-9-8-10-17)29(40)24(18-11-4-3-5-12-18)35-30-34-20-13-6-7-14-22(20)41-30/h6-7,13-14,17-19,21,23-25H,3-5,8-12,15-16H2,1-2H3,(H2,32,38)(H,33,39)(H,34,35)/t19-,21?,23?,24-,25-/m0/s1. The summed E-state index contributed by atoms with van der Waals surface area (Å²) in [6.45, 7) is 4.73. The lowest BCUT2D eigenvalue weighted by Crippen LogP contribution is -2.58. The Labute approximate surface area is 240 Å². The van der Waals surface area contributed by atoms with Crippen LogP contribution in [0.1, 0.15) is 71.6 Å². The van der Waals surface area contributed by atoms with Crippen molar-refractivity contribution >= 4 is 40.6 Å². The molecule has 4 aliphatic rings. The number of nitrogens with two attached hydrogens (primary N) is 1. The molecule has 3 amide bonds. The van der Waals surface area contributed by atoms with Crippen LogP contribution < -0.4 is 16.4 Å². The number of ketones is 1. The van der Waals surface area contributed by atoms with Crippen LogP contribution in [0.25, 0.3) is 11.1 Å². The minimum atomic E-state index is -1.04. The molecule has 0 spiro atoms. The van der Waals surface area contributed by atoms with E-state index in [-0.39, 0.29) is 40.9 Å². The fraction of sp³-hybridized carbons (Fsp3) is 0.645. The highest BCUT2D eigenvalue weighted by Crippen LogP contribution is 2.65. The number of hydrogen-bond acceptors (Lipinski definition) is 7. The SMILES string of the molecule is CC1(C)C2[C@@H](C(=O)NC(CC3CCC3)C(=O)C(N)=O)N(C(=O)[C@@H](Nc3nc4ccccc4o3)C3CCCCC3)C[C@@H]21. The number of likely N-dealkylation sites (tertiary alicyclic amines) is 1. The second kappa shape index (κ2) is 10.8. The first-order valence-electron chi connectivity index (χ1n) is 15.2. The summed E-state index contributed by atoms with van der Waals surface area (Å²) in [6, 6.07) is 5.51. The highest BCUT2D eigenvalue weighted by molar-refractivity contribution is 6.37. The summed E-state index contributed by atoms with van der Waals surface area (Å²) in [4.78, 5) is 59.1. The van der Waals surface area contributed by atoms with Crippen LogP contribution in [-0.4, -0.2) is 58.1 Å². The molecular formula is C31H41N5O5. The zero-order valence-corrected chi connectivity index (χ0v) is 23.9. The van der Waals surface area contributed by atoms with Crippen molar-refractivity contribution in [3.8, 4) is 0 Å². The zero-order valence-electron chi connectivity index (χ0n) is 23.9. The van der Waals surface area contributed by atoms with Crippen molar-refractivity contribution in [2.24, 2.45) is 34.8 Å². The lowest BCUT2D eigenvalue weighted by Gasteiger charge is -2.37. The third kappa shape index (κ3) is 5.21. The van der Waals surface area contributed by atoms with Crippen LogP contribution in [0, 0.1) is 29.1 Å². The van der Waals surface area contributed by atoms with Gasteiger partial charge in [-0.25, -0.2) is 0 Å². The number of piperidine rings is 1. The Morgan fingerprint density at radius 2 is 1.80 bits per heavy atom. The molecule has 3 aliphatic carbocycles. The van der Waals surface area contributed by atoms with Gasteiger partial charge in [0.1, 0.15) is 17.6 Å². The van der Waals surface area contributed by atoms with Crippen molar-refractivity contribution in [3.05, 3.63) is 24.3 Å². The Bertz CT molecular complexity index is 1310. The number of fused-ring (bicyclic) bond motifs is 2. The molecule has 3 saturated carbocycles. The van der Waals surface area contributed by atoms with Crippen molar-refractivity contribution in [2.75, 3.05) is 11.9 Å². The van der Waals surface area contributed by atoms with Crippen LogP contribution in [0.3, 0.4) is 0 Å². The average molecular weight is 564 g/mol. The van der Waals surface area contributed by atoms with E-state index in [2.05, 4.69) is 29.5 Å². The highest BCUT2D eigenvalue weighted by Gasteiger charge is 2.69. The monoisotopic (exact) mass is 563 g/mol. The fourth-order valence-corrected chi connectivity index (χ4v) is 7.63. The van der Waals surface area contributed by atoms with Gasteiger partial charge in [0.05, 0.1) is 6.04 Å². The smallest absolute Gasteiger partial charge is 0.296 e. The number of para-hydroxylation sites is 2. The second-order valence-electron chi connectivity index (χ2n) is 13.2. The maximum Gasteiger partial charge on any atom is 0.296 e. The number of carbonyl (C=O) groups excluding carboxylic acids is 4. The van der Waals surface area contributed by atoms with Crippen LogP contribution in [0.2, 0.25) is 0 Å². The Hall–Kier alpha value is -3.43. The number of nitrogens with one attached hydrogen (secondary N) is 2. The first-order chi connectivity index (χ1) is 19.6. The minimum Gasteiger partial charge on any atom is -0.424 e. The lowest BCUT2D eigenvalue weighted by atomic mass is 9.80. The van der Waals surface area contributed by atoms with Crippen molar-refractivity contribution in [1.29, 1.82) is 0 Å². The summed E-state index contributed by atoms with van der Waals surface area (Å²) in [5.41, 5.74) is 6.61. The lowest BCUT2D eigenvalue weighted by molar-refractivity contribution is -0.144. The van der Waals surface area contributed by atoms with E-state index in [1.807, 2.05) is 24.3 Å². The molecule has 41 heavy (non-hydrogen) atoms. The van der Waals surface area contributed by atoms with Gasteiger partial charge >= 0.3 is 0 Å². The number of amides is 3. The molecule has 0 radical (unpaired) electrons. The fourth-order valence-electron chi connectivity index (χ4n) is 7.63. The first-order valence-corrected chi connectivity index (χ1v) is 15.2. The van der Waals surface area contributed by atoms with Crippen molar-refractivity contribution in [3.63, 3.8) is 0 Å². The Balaban J connectivity index is 1.26. The number of benzene rings is 1. The number of aromatic nitrogens is 1. The zero-order chi connectivity index (χ0) is 28.9. The van der Waals surface area contributed by atoms with Gasteiger partial charge in [0.15, 0.2) is 5.58 Å². The molecule has 6 rings (SSSR count). The number of anilines is 1. The summed E-state index contributed by atoms with van der Waals surface area (Å²) in [5, 5.41) is 6.19. The van der Waals surface area contributed by atoms with Gasteiger partial charge in [-0.15, -0.1) is 0 Å². The normalized spacial score (nSPS) is 27.0. The summed E-state index contributed by atoms with van der Waals surface area (Å²) < 4.78 is 5.94. The summed E-state index contributed by atoms with van der Waals surface area (Å²) in [5.74, 6) is -1.79. The van der Waals surface area contributed by atoms with Gasteiger partial charge in [-0.1, -0.05) is 64.5 Å². The minimum absolute atomic E-state index is 0.0178. The van der Waals surface area contributed by atoms with Crippen LogP contribution in [0.15, 0.2) is 28.7 Å². The van der Waals surface area contributed by atoms with Crippen LogP contribution in [0.4, 0.5) is 6.01 Å². The van der Waals surface area contributed by atoms with Gasteiger partial charge in [0.2, 0.25) is 17.6 Å². The Morgan fingerprint density at radius 1 is 1.07 bits per heavy atom. The molecule has 10 heteroatoms. The molecule has 1 aliphatic heterocycles. The number of carbonyl (C=O) groups is 4. The van der Waals surface area contributed by atoms with Gasteiger partial charge in [-0.05, 0) is 60.5 Å². The van der Waals surface area contributed by atoms with Crippen molar-refractivity contribution in [1.82, 2.24) is 15.2 Å².